The van der Waals surface area contributed by atoms with Gasteiger partial charge in [-0.25, -0.2) is 9.79 Å². The van der Waals surface area contributed by atoms with Crippen LogP contribution in [0.15, 0.2) is 34.5 Å². The first-order valence-electron chi connectivity index (χ1n) is 6.41. The molecular weight excluding hydrogens is 274 g/mol. The van der Waals surface area contributed by atoms with Crippen LogP contribution in [-0.4, -0.2) is 28.5 Å². The van der Waals surface area contributed by atoms with E-state index in [9.17, 15) is 9.90 Å². The number of benzene rings is 1. The summed E-state index contributed by atoms with van der Waals surface area (Å²) in [5.74, 6) is -0.117. The van der Waals surface area contributed by atoms with Crippen molar-refractivity contribution in [2.45, 2.75) is 20.8 Å². The zero-order valence-electron chi connectivity index (χ0n) is 11.8. The van der Waals surface area contributed by atoms with Crippen LogP contribution in [0.3, 0.4) is 0 Å². The van der Waals surface area contributed by atoms with Gasteiger partial charge in [-0.3, -0.25) is 0 Å². The predicted molar refractivity (Wildman–Crippen MR) is 81.8 cm³/mol. The summed E-state index contributed by atoms with van der Waals surface area (Å²) in [7, 11) is 0. The molecular formula is C15H17NO3S. The maximum absolute atomic E-state index is 11.9. The summed E-state index contributed by atoms with van der Waals surface area (Å²) in [5, 5.41) is 10.3. The monoisotopic (exact) mass is 291 g/mol. The fourth-order valence-corrected chi connectivity index (χ4v) is 2.87. The number of hydrogen-bond donors (Lipinski definition) is 1. The second-order valence-corrected chi connectivity index (χ2v) is 5.50. The summed E-state index contributed by atoms with van der Waals surface area (Å²) >= 11 is 1.35. The van der Waals surface area contributed by atoms with E-state index in [0.717, 1.165) is 16.8 Å². The number of aryl methyl sites for hydroxylation is 2. The maximum atomic E-state index is 11.9. The zero-order valence-corrected chi connectivity index (χ0v) is 12.6. The first kappa shape index (κ1) is 14.7. The van der Waals surface area contributed by atoms with Gasteiger partial charge in [0, 0.05) is 0 Å². The summed E-state index contributed by atoms with van der Waals surface area (Å²) in [4.78, 5) is 16.4. The lowest BCUT2D eigenvalue weighted by molar-refractivity contribution is -0.138. The smallest absolute Gasteiger partial charge is 0.344 e. The number of rotatable bonds is 3. The van der Waals surface area contributed by atoms with Crippen molar-refractivity contribution < 1.29 is 14.6 Å². The van der Waals surface area contributed by atoms with E-state index >= 15 is 0 Å². The third-order valence-electron chi connectivity index (χ3n) is 2.90. The topological polar surface area (TPSA) is 58.9 Å². The van der Waals surface area contributed by atoms with Crippen molar-refractivity contribution in [2.24, 2.45) is 4.99 Å². The standard InChI is InChI=1S/C15H17NO3S/c1-4-19-15(18)13-12(17)8-20-14(13)16-11-6-5-9(2)7-10(11)3/h5-7,17H,4,8H2,1-3H3. The van der Waals surface area contributed by atoms with Crippen LogP contribution in [-0.2, 0) is 9.53 Å². The molecule has 0 saturated heterocycles. The Balaban J connectivity index is 2.36. The average Bonchev–Trinajstić information content (AvgIpc) is 2.74. The highest BCUT2D eigenvalue weighted by Crippen LogP contribution is 2.31. The van der Waals surface area contributed by atoms with Crippen LogP contribution in [0.2, 0.25) is 0 Å². The van der Waals surface area contributed by atoms with Crippen LogP contribution in [0.4, 0.5) is 5.69 Å². The molecule has 0 bridgehead atoms. The van der Waals surface area contributed by atoms with Crippen LogP contribution in [0, 0.1) is 13.8 Å². The number of hydrogen-bond acceptors (Lipinski definition) is 5. The van der Waals surface area contributed by atoms with Gasteiger partial charge in [-0.15, -0.1) is 0 Å². The van der Waals surface area contributed by atoms with E-state index in [1.807, 2.05) is 32.0 Å². The molecule has 0 unspecified atom stereocenters. The summed E-state index contributed by atoms with van der Waals surface area (Å²) < 4.78 is 4.96. The molecule has 5 heteroatoms. The van der Waals surface area contributed by atoms with Gasteiger partial charge in [0.15, 0.2) is 0 Å². The SMILES string of the molecule is CCOC(=O)C1=C(O)CSC1=Nc1ccc(C)cc1C. The first-order chi connectivity index (χ1) is 9.52. The van der Waals surface area contributed by atoms with Gasteiger partial charge in [-0.2, -0.15) is 0 Å². The van der Waals surface area contributed by atoms with Crippen LogP contribution in [0.25, 0.3) is 0 Å². The minimum atomic E-state index is -0.515. The van der Waals surface area contributed by atoms with Gasteiger partial charge in [0.05, 0.1) is 18.0 Å². The first-order valence-corrected chi connectivity index (χ1v) is 7.39. The van der Waals surface area contributed by atoms with Gasteiger partial charge >= 0.3 is 5.97 Å². The second-order valence-electron chi connectivity index (χ2n) is 4.54. The van der Waals surface area contributed by atoms with E-state index in [4.69, 9.17) is 4.74 Å². The van der Waals surface area contributed by atoms with Gasteiger partial charge in [-0.1, -0.05) is 29.5 Å². The van der Waals surface area contributed by atoms with Gasteiger partial charge in [0.25, 0.3) is 0 Å². The molecule has 1 aromatic carbocycles. The quantitative estimate of drug-likeness (QED) is 0.866. The molecule has 106 valence electrons. The average molecular weight is 291 g/mol. The molecule has 1 aliphatic rings. The van der Waals surface area contributed by atoms with Crippen molar-refractivity contribution in [3.63, 3.8) is 0 Å². The molecule has 0 spiro atoms. The van der Waals surface area contributed by atoms with Crippen molar-refractivity contribution >= 4 is 28.5 Å². The lowest BCUT2D eigenvalue weighted by atomic mass is 10.1. The minimum absolute atomic E-state index is 0.0389. The highest BCUT2D eigenvalue weighted by Gasteiger charge is 2.29. The van der Waals surface area contributed by atoms with Crippen molar-refractivity contribution in [1.82, 2.24) is 0 Å². The Labute approximate surface area is 122 Å². The largest absolute Gasteiger partial charge is 0.510 e. The van der Waals surface area contributed by atoms with Gasteiger partial charge in [0.1, 0.15) is 16.4 Å². The van der Waals surface area contributed by atoms with E-state index in [1.54, 1.807) is 6.92 Å². The highest BCUT2D eigenvalue weighted by molar-refractivity contribution is 8.15. The molecule has 1 aliphatic heterocycles. The third kappa shape index (κ3) is 3.04. The van der Waals surface area contributed by atoms with Crippen molar-refractivity contribution in [3.05, 3.63) is 40.7 Å². The lowest BCUT2D eigenvalue weighted by Gasteiger charge is -2.06. The van der Waals surface area contributed by atoms with Crippen molar-refractivity contribution in [3.8, 4) is 0 Å². The number of carbonyl (C=O) groups excluding carboxylic acids is 1. The summed E-state index contributed by atoms with van der Waals surface area (Å²) in [6.45, 7) is 6.00. The van der Waals surface area contributed by atoms with E-state index in [-0.39, 0.29) is 17.9 Å². The van der Waals surface area contributed by atoms with Gasteiger partial charge < -0.3 is 9.84 Å². The number of nitrogens with zero attached hydrogens (tertiary/aromatic N) is 1. The second kappa shape index (κ2) is 6.13. The van der Waals surface area contributed by atoms with E-state index in [1.165, 1.54) is 11.8 Å². The Kier molecular flexibility index (Phi) is 4.49. The van der Waals surface area contributed by atoms with E-state index < -0.39 is 5.97 Å². The number of ether oxygens (including phenoxy) is 1. The van der Waals surface area contributed by atoms with E-state index in [0.29, 0.717) is 10.8 Å². The lowest BCUT2D eigenvalue weighted by Crippen LogP contribution is -2.13. The number of aliphatic hydroxyl groups is 1. The van der Waals surface area contributed by atoms with Crippen LogP contribution in [0.1, 0.15) is 18.1 Å². The maximum Gasteiger partial charge on any atom is 0.344 e. The fraction of sp³-hybridized carbons (Fsp3) is 0.333. The normalized spacial score (nSPS) is 16.9. The molecule has 0 saturated carbocycles. The Morgan fingerprint density at radius 3 is 2.85 bits per heavy atom. The van der Waals surface area contributed by atoms with Crippen LogP contribution < -0.4 is 0 Å². The number of carbonyl (C=O) groups is 1. The van der Waals surface area contributed by atoms with Crippen LogP contribution in [0.5, 0.6) is 0 Å². The molecule has 1 aromatic rings. The zero-order chi connectivity index (χ0) is 14.7. The molecule has 0 aromatic heterocycles. The number of esters is 1. The Bertz CT molecular complexity index is 605. The van der Waals surface area contributed by atoms with Crippen molar-refractivity contribution in [1.29, 1.82) is 0 Å². The number of aliphatic imine (C=N–C) groups is 1. The molecule has 0 atom stereocenters. The molecule has 1 heterocycles. The van der Waals surface area contributed by atoms with Crippen molar-refractivity contribution in [2.75, 3.05) is 12.4 Å². The van der Waals surface area contributed by atoms with Crippen LogP contribution >= 0.6 is 11.8 Å². The molecule has 1 N–H and O–H groups in total. The fourth-order valence-electron chi connectivity index (χ4n) is 1.94. The molecule has 2 rings (SSSR count). The number of thioether (sulfide) groups is 1. The third-order valence-corrected chi connectivity index (χ3v) is 3.89. The molecule has 0 fully saturated rings. The van der Waals surface area contributed by atoms with Gasteiger partial charge in [0.2, 0.25) is 0 Å². The molecule has 0 aliphatic carbocycles. The Hall–Kier alpha value is -1.75. The van der Waals surface area contributed by atoms with Gasteiger partial charge in [-0.05, 0) is 32.4 Å². The summed E-state index contributed by atoms with van der Waals surface area (Å²) in [6, 6.07) is 5.92. The Morgan fingerprint density at radius 2 is 2.20 bits per heavy atom. The molecule has 0 amide bonds. The Morgan fingerprint density at radius 1 is 1.45 bits per heavy atom. The molecule has 0 radical (unpaired) electrons. The highest BCUT2D eigenvalue weighted by atomic mass is 32.2. The number of aliphatic hydroxyl groups excluding tert-OH is 1. The summed E-state index contributed by atoms with van der Waals surface area (Å²) in [5.41, 5.74) is 3.19. The molecule has 20 heavy (non-hydrogen) atoms. The van der Waals surface area contributed by atoms with E-state index in [2.05, 4.69) is 4.99 Å². The summed E-state index contributed by atoms with van der Waals surface area (Å²) in [6.07, 6.45) is 0. The predicted octanol–water partition coefficient (Wildman–Crippen LogP) is 3.46. The molecule has 4 nitrogen and oxygen atoms in total. The minimum Gasteiger partial charge on any atom is -0.510 e.